The largest absolute Gasteiger partial charge is 0.492 e. The zero-order valence-corrected chi connectivity index (χ0v) is 15.8. The third kappa shape index (κ3) is 3.50. The average Bonchev–Trinajstić information content (AvgIpc) is 3.05. The highest BCUT2D eigenvalue weighted by Crippen LogP contribution is 2.33. The van der Waals surface area contributed by atoms with E-state index in [4.69, 9.17) is 4.74 Å². The molecule has 0 unspecified atom stereocenters. The number of aromatic nitrogens is 1. The zero-order chi connectivity index (χ0) is 18.8. The summed E-state index contributed by atoms with van der Waals surface area (Å²) >= 11 is 0. The number of fused-ring (bicyclic) bond motifs is 3. The molecule has 2 aromatic carbocycles. The van der Waals surface area contributed by atoms with Crippen LogP contribution in [0, 0.1) is 6.92 Å². The van der Waals surface area contributed by atoms with E-state index in [1.54, 1.807) is 0 Å². The lowest BCUT2D eigenvalue weighted by Gasteiger charge is -2.33. The van der Waals surface area contributed by atoms with E-state index in [9.17, 15) is 4.79 Å². The van der Waals surface area contributed by atoms with Gasteiger partial charge in [0, 0.05) is 23.1 Å². The molecule has 0 spiro atoms. The Balaban J connectivity index is 1.35. The van der Waals surface area contributed by atoms with Crippen LogP contribution in [0.15, 0.2) is 48.5 Å². The lowest BCUT2D eigenvalue weighted by molar-refractivity contribution is 0.171. The van der Waals surface area contributed by atoms with Gasteiger partial charge in [-0.15, -0.1) is 0 Å². The fourth-order valence-corrected chi connectivity index (χ4v) is 3.84. The van der Waals surface area contributed by atoms with Crippen molar-refractivity contribution in [3.63, 3.8) is 0 Å². The van der Waals surface area contributed by atoms with Gasteiger partial charge in [0.05, 0.1) is 12.6 Å². The van der Waals surface area contributed by atoms with Crippen molar-refractivity contribution in [3.8, 4) is 5.75 Å². The molecule has 2 amide bonds. The molecular weight excluding hydrogens is 338 g/mol. The Morgan fingerprint density at radius 1 is 1.26 bits per heavy atom. The number of carbonyl (C=O) groups is 1. The fourth-order valence-electron chi connectivity index (χ4n) is 3.84. The van der Waals surface area contributed by atoms with Gasteiger partial charge in [0.15, 0.2) is 0 Å². The highest BCUT2D eigenvalue weighted by Gasteiger charge is 2.30. The van der Waals surface area contributed by atoms with Crippen molar-refractivity contribution in [1.29, 1.82) is 0 Å². The molecule has 5 heteroatoms. The van der Waals surface area contributed by atoms with E-state index in [1.165, 1.54) is 10.9 Å². The Bertz CT molecular complexity index is 963. The van der Waals surface area contributed by atoms with Crippen molar-refractivity contribution in [2.45, 2.75) is 26.3 Å². The van der Waals surface area contributed by atoms with E-state index in [0.29, 0.717) is 13.2 Å². The van der Waals surface area contributed by atoms with Crippen LogP contribution in [0.1, 0.15) is 29.8 Å². The lowest BCUT2D eigenvalue weighted by atomic mass is 9.99. The summed E-state index contributed by atoms with van der Waals surface area (Å²) in [6.45, 7) is 5.77. The minimum absolute atomic E-state index is 0.0267. The number of benzene rings is 2. The number of carbonyl (C=O) groups excluding carboxylic acids is 1. The van der Waals surface area contributed by atoms with Crippen LogP contribution in [0.2, 0.25) is 0 Å². The number of para-hydroxylation sites is 1. The van der Waals surface area contributed by atoms with E-state index in [-0.39, 0.29) is 12.1 Å². The second kappa shape index (κ2) is 7.35. The number of amides is 2. The molecule has 2 N–H and O–H groups in total. The topological polar surface area (TPSA) is 57.4 Å². The predicted octanol–water partition coefficient (Wildman–Crippen LogP) is 4.18. The molecule has 140 valence electrons. The highest BCUT2D eigenvalue weighted by atomic mass is 16.5. The number of urea groups is 1. The number of ether oxygens (including phenoxy) is 1. The van der Waals surface area contributed by atoms with Gasteiger partial charge in [-0.3, -0.25) is 0 Å². The second-order valence-corrected chi connectivity index (χ2v) is 7.08. The summed E-state index contributed by atoms with van der Waals surface area (Å²) < 4.78 is 5.71. The van der Waals surface area contributed by atoms with Crippen LogP contribution in [-0.4, -0.2) is 35.6 Å². The van der Waals surface area contributed by atoms with Crippen molar-refractivity contribution in [2.24, 2.45) is 0 Å². The minimum Gasteiger partial charge on any atom is -0.492 e. The molecule has 3 aromatic rings. The molecule has 2 heterocycles. The number of aryl methyl sites for hydroxylation is 1. The third-order valence-corrected chi connectivity index (χ3v) is 5.23. The predicted molar refractivity (Wildman–Crippen MR) is 107 cm³/mol. The molecule has 1 aliphatic rings. The number of nitrogens with zero attached hydrogens (tertiary/aromatic N) is 1. The third-order valence-electron chi connectivity index (χ3n) is 5.23. The van der Waals surface area contributed by atoms with Gasteiger partial charge in [-0.05, 0) is 49.6 Å². The Kier molecular flexibility index (Phi) is 4.75. The smallest absolute Gasteiger partial charge is 0.318 e. The van der Waals surface area contributed by atoms with Crippen LogP contribution in [0.4, 0.5) is 4.79 Å². The molecule has 1 aliphatic heterocycles. The molecule has 27 heavy (non-hydrogen) atoms. The summed E-state index contributed by atoms with van der Waals surface area (Å²) in [5.74, 6) is 0.832. The first-order valence-corrected chi connectivity index (χ1v) is 9.47. The number of nitrogens with one attached hydrogen (secondary N) is 2. The first kappa shape index (κ1) is 17.5. The Morgan fingerprint density at radius 3 is 2.96 bits per heavy atom. The standard InChI is InChI=1S/C22H25N3O2/c1-15-6-5-7-17(14-15)27-13-11-23-22(26)25-12-10-19-18-8-3-4-9-20(18)24-21(19)16(25)2/h3-9,14,16,24H,10-13H2,1-2H3,(H,23,26)/t16-/m1/s1. The van der Waals surface area contributed by atoms with Gasteiger partial charge < -0.3 is 19.9 Å². The molecule has 0 aliphatic carbocycles. The van der Waals surface area contributed by atoms with Crippen LogP contribution in [-0.2, 0) is 6.42 Å². The van der Waals surface area contributed by atoms with Crippen LogP contribution in [0.3, 0.4) is 0 Å². The summed E-state index contributed by atoms with van der Waals surface area (Å²) in [4.78, 5) is 18.0. The van der Waals surface area contributed by atoms with Crippen molar-refractivity contribution >= 4 is 16.9 Å². The van der Waals surface area contributed by atoms with E-state index in [0.717, 1.165) is 35.5 Å². The number of rotatable bonds is 4. The molecule has 0 bridgehead atoms. The Morgan fingerprint density at radius 2 is 2.11 bits per heavy atom. The number of hydrogen-bond donors (Lipinski definition) is 2. The van der Waals surface area contributed by atoms with E-state index in [1.807, 2.05) is 42.2 Å². The SMILES string of the molecule is Cc1cccc(OCCNC(=O)N2CCc3c([nH]c4ccccc34)[C@H]2C)c1. The quantitative estimate of drug-likeness (QED) is 0.683. The minimum atomic E-state index is -0.0420. The van der Waals surface area contributed by atoms with Gasteiger partial charge in [-0.25, -0.2) is 4.79 Å². The van der Waals surface area contributed by atoms with Gasteiger partial charge in [-0.1, -0.05) is 30.3 Å². The maximum Gasteiger partial charge on any atom is 0.318 e. The molecule has 0 saturated carbocycles. The summed E-state index contributed by atoms with van der Waals surface area (Å²) in [6.07, 6.45) is 0.872. The number of hydrogen-bond acceptors (Lipinski definition) is 2. The highest BCUT2D eigenvalue weighted by molar-refractivity contribution is 5.86. The van der Waals surface area contributed by atoms with E-state index in [2.05, 4.69) is 35.4 Å². The molecule has 1 aromatic heterocycles. The Hall–Kier alpha value is -2.95. The molecule has 0 saturated heterocycles. The van der Waals surface area contributed by atoms with E-state index >= 15 is 0 Å². The summed E-state index contributed by atoms with van der Waals surface area (Å²) in [6, 6.07) is 16.2. The Labute approximate surface area is 159 Å². The summed E-state index contributed by atoms with van der Waals surface area (Å²) in [5, 5.41) is 4.25. The summed E-state index contributed by atoms with van der Waals surface area (Å²) in [5.41, 5.74) is 4.79. The molecular formula is C22H25N3O2. The van der Waals surface area contributed by atoms with Crippen molar-refractivity contribution in [1.82, 2.24) is 15.2 Å². The van der Waals surface area contributed by atoms with Crippen LogP contribution < -0.4 is 10.1 Å². The maximum absolute atomic E-state index is 12.6. The fraction of sp³-hybridized carbons (Fsp3) is 0.318. The number of H-pyrrole nitrogens is 1. The summed E-state index contributed by atoms with van der Waals surface area (Å²) in [7, 11) is 0. The van der Waals surface area contributed by atoms with Crippen LogP contribution in [0.5, 0.6) is 5.75 Å². The van der Waals surface area contributed by atoms with Crippen LogP contribution in [0.25, 0.3) is 10.9 Å². The van der Waals surface area contributed by atoms with Crippen molar-refractivity contribution < 1.29 is 9.53 Å². The molecule has 4 rings (SSSR count). The molecule has 5 nitrogen and oxygen atoms in total. The lowest BCUT2D eigenvalue weighted by Crippen LogP contribution is -2.45. The second-order valence-electron chi connectivity index (χ2n) is 7.08. The number of aromatic amines is 1. The van der Waals surface area contributed by atoms with Gasteiger partial charge in [0.1, 0.15) is 12.4 Å². The molecule has 0 fully saturated rings. The van der Waals surface area contributed by atoms with Gasteiger partial charge in [-0.2, -0.15) is 0 Å². The first-order chi connectivity index (χ1) is 13.1. The monoisotopic (exact) mass is 363 g/mol. The van der Waals surface area contributed by atoms with Gasteiger partial charge >= 0.3 is 6.03 Å². The van der Waals surface area contributed by atoms with Crippen molar-refractivity contribution in [2.75, 3.05) is 19.7 Å². The van der Waals surface area contributed by atoms with Crippen molar-refractivity contribution in [3.05, 3.63) is 65.4 Å². The molecule has 0 radical (unpaired) electrons. The zero-order valence-electron chi connectivity index (χ0n) is 15.8. The van der Waals surface area contributed by atoms with E-state index < -0.39 is 0 Å². The van der Waals surface area contributed by atoms with Crippen LogP contribution >= 0.6 is 0 Å². The van der Waals surface area contributed by atoms with Gasteiger partial charge in [0.2, 0.25) is 0 Å². The van der Waals surface area contributed by atoms with Gasteiger partial charge in [0.25, 0.3) is 0 Å². The first-order valence-electron chi connectivity index (χ1n) is 9.47. The maximum atomic E-state index is 12.6. The normalized spacial score (nSPS) is 16.2. The average molecular weight is 363 g/mol. The molecule has 1 atom stereocenters.